The molecule has 2 aromatic rings. The van der Waals surface area contributed by atoms with Crippen molar-refractivity contribution in [1.29, 1.82) is 0 Å². The Bertz CT molecular complexity index is 695. The number of ketones is 1. The number of carbonyl (C=O) groups is 1. The first-order valence-electron chi connectivity index (χ1n) is 5.80. The normalized spacial score (nSPS) is 10.7. The zero-order valence-corrected chi connectivity index (χ0v) is 10.3. The second-order valence-electron chi connectivity index (χ2n) is 3.99. The number of benzene rings is 2. The highest BCUT2D eigenvalue weighted by atomic mass is 19.1. The smallest absolute Gasteiger partial charge is 0.276 e. The fourth-order valence-electron chi connectivity index (χ4n) is 1.71. The summed E-state index contributed by atoms with van der Waals surface area (Å²) in [6.45, 7) is 0. The summed E-state index contributed by atoms with van der Waals surface area (Å²) in [4.78, 5) is 22.1. The van der Waals surface area contributed by atoms with Crippen LogP contribution in [0, 0.1) is 15.9 Å². The molecule has 0 aliphatic carbocycles. The molecule has 0 unspecified atom stereocenters. The van der Waals surface area contributed by atoms with E-state index in [1.54, 1.807) is 12.1 Å². The number of nitro benzene ring substituents is 1. The molecule has 0 radical (unpaired) electrons. The third-order valence-electron chi connectivity index (χ3n) is 2.69. The van der Waals surface area contributed by atoms with Gasteiger partial charge in [0.05, 0.1) is 16.1 Å². The molecule has 0 aromatic heterocycles. The van der Waals surface area contributed by atoms with E-state index in [9.17, 15) is 19.3 Å². The number of carbonyl (C=O) groups excluding carboxylic acids is 1. The van der Waals surface area contributed by atoms with Gasteiger partial charge in [0, 0.05) is 6.07 Å². The summed E-state index contributed by atoms with van der Waals surface area (Å²) in [6.07, 6.45) is 2.44. The molecular weight excluding hydrogens is 261 g/mol. The Hall–Kier alpha value is -2.82. The quantitative estimate of drug-likeness (QED) is 0.369. The van der Waals surface area contributed by atoms with Gasteiger partial charge in [0.2, 0.25) is 0 Å². The average Bonchev–Trinajstić information content (AvgIpc) is 2.45. The molecule has 0 heterocycles. The standard InChI is InChI=1S/C15H10FNO3/c16-13-7-3-2-6-12(13)15(18)10-9-11-5-1-4-8-14(11)17(19)20/h1-10H/b10-9+. The second-order valence-corrected chi connectivity index (χ2v) is 3.99. The summed E-state index contributed by atoms with van der Waals surface area (Å²) in [5, 5.41) is 10.8. The predicted octanol–water partition coefficient (Wildman–Crippen LogP) is 3.63. The van der Waals surface area contributed by atoms with Gasteiger partial charge in [0.15, 0.2) is 5.78 Å². The van der Waals surface area contributed by atoms with Crippen molar-refractivity contribution in [3.05, 3.63) is 81.7 Å². The molecule has 0 saturated carbocycles. The van der Waals surface area contributed by atoms with Crippen molar-refractivity contribution in [3.63, 3.8) is 0 Å². The fraction of sp³-hybridized carbons (Fsp3) is 0. The van der Waals surface area contributed by atoms with Crippen LogP contribution >= 0.6 is 0 Å². The predicted molar refractivity (Wildman–Crippen MR) is 72.9 cm³/mol. The molecule has 0 bridgehead atoms. The van der Waals surface area contributed by atoms with Gasteiger partial charge in [-0.1, -0.05) is 24.3 Å². The molecular formula is C15H10FNO3. The maximum atomic E-state index is 13.4. The van der Waals surface area contributed by atoms with Crippen LogP contribution in [0.15, 0.2) is 54.6 Å². The van der Waals surface area contributed by atoms with Gasteiger partial charge in [0.1, 0.15) is 5.82 Å². The number of nitro groups is 1. The molecule has 0 fully saturated rings. The summed E-state index contributed by atoms with van der Waals surface area (Å²) in [5.41, 5.74) is 0.120. The van der Waals surface area contributed by atoms with E-state index in [2.05, 4.69) is 0 Å². The molecule has 0 atom stereocenters. The Morgan fingerprint density at radius 1 is 1.10 bits per heavy atom. The Morgan fingerprint density at radius 3 is 2.45 bits per heavy atom. The monoisotopic (exact) mass is 271 g/mol. The second kappa shape index (κ2) is 5.88. The van der Waals surface area contributed by atoms with Crippen molar-refractivity contribution in [3.8, 4) is 0 Å². The number of nitrogens with zero attached hydrogens (tertiary/aromatic N) is 1. The van der Waals surface area contributed by atoms with E-state index in [0.29, 0.717) is 5.56 Å². The van der Waals surface area contributed by atoms with Crippen LogP contribution in [0.2, 0.25) is 0 Å². The van der Waals surface area contributed by atoms with Gasteiger partial charge in [-0.3, -0.25) is 14.9 Å². The highest BCUT2D eigenvalue weighted by Gasteiger charge is 2.11. The molecule has 0 saturated heterocycles. The van der Waals surface area contributed by atoms with Crippen molar-refractivity contribution < 1.29 is 14.1 Å². The van der Waals surface area contributed by atoms with Crippen molar-refractivity contribution in [2.45, 2.75) is 0 Å². The maximum Gasteiger partial charge on any atom is 0.276 e. The number of hydrogen-bond donors (Lipinski definition) is 0. The lowest BCUT2D eigenvalue weighted by atomic mass is 10.1. The van der Waals surface area contributed by atoms with E-state index in [0.717, 1.165) is 6.08 Å². The van der Waals surface area contributed by atoms with Crippen LogP contribution in [0.4, 0.5) is 10.1 Å². The summed E-state index contributed by atoms with van der Waals surface area (Å²) < 4.78 is 13.4. The summed E-state index contributed by atoms with van der Waals surface area (Å²) in [7, 11) is 0. The van der Waals surface area contributed by atoms with Crippen LogP contribution in [-0.4, -0.2) is 10.7 Å². The van der Waals surface area contributed by atoms with Gasteiger partial charge in [-0.05, 0) is 30.4 Å². The highest BCUT2D eigenvalue weighted by molar-refractivity contribution is 6.07. The first-order valence-corrected chi connectivity index (χ1v) is 5.80. The van der Waals surface area contributed by atoms with Crippen molar-refractivity contribution >= 4 is 17.5 Å². The molecule has 100 valence electrons. The summed E-state index contributed by atoms with van der Waals surface area (Å²) in [6, 6.07) is 11.6. The lowest BCUT2D eigenvalue weighted by Crippen LogP contribution is -1.98. The topological polar surface area (TPSA) is 60.2 Å². The van der Waals surface area contributed by atoms with Crippen LogP contribution in [0.25, 0.3) is 6.08 Å². The van der Waals surface area contributed by atoms with Crippen LogP contribution < -0.4 is 0 Å². The zero-order valence-electron chi connectivity index (χ0n) is 10.3. The zero-order chi connectivity index (χ0) is 14.5. The minimum atomic E-state index is -0.621. The van der Waals surface area contributed by atoms with E-state index in [4.69, 9.17) is 0 Å². The van der Waals surface area contributed by atoms with E-state index < -0.39 is 16.5 Å². The first kappa shape index (κ1) is 13.6. The van der Waals surface area contributed by atoms with Gasteiger partial charge in [0.25, 0.3) is 5.69 Å². The number of para-hydroxylation sites is 1. The summed E-state index contributed by atoms with van der Waals surface area (Å²) in [5.74, 6) is -1.16. The third kappa shape index (κ3) is 2.95. The van der Waals surface area contributed by atoms with Crippen molar-refractivity contribution in [2.75, 3.05) is 0 Å². The van der Waals surface area contributed by atoms with Crippen LogP contribution in [-0.2, 0) is 0 Å². The molecule has 0 aliphatic rings. The SMILES string of the molecule is O=C(/C=C/c1ccccc1[N+](=O)[O-])c1ccccc1F. The number of hydrogen-bond acceptors (Lipinski definition) is 3. The largest absolute Gasteiger partial charge is 0.289 e. The minimum absolute atomic E-state index is 0.0673. The van der Waals surface area contributed by atoms with Crippen LogP contribution in [0.3, 0.4) is 0 Å². The van der Waals surface area contributed by atoms with E-state index in [1.807, 2.05) is 0 Å². The Balaban J connectivity index is 2.29. The molecule has 4 nitrogen and oxygen atoms in total. The molecule has 0 amide bonds. The number of halogens is 1. The van der Waals surface area contributed by atoms with Crippen LogP contribution in [0.1, 0.15) is 15.9 Å². The Morgan fingerprint density at radius 2 is 1.75 bits per heavy atom. The summed E-state index contributed by atoms with van der Waals surface area (Å²) >= 11 is 0. The lowest BCUT2D eigenvalue weighted by Gasteiger charge is -1.98. The Kier molecular flexibility index (Phi) is 4.00. The molecule has 20 heavy (non-hydrogen) atoms. The fourth-order valence-corrected chi connectivity index (χ4v) is 1.71. The van der Waals surface area contributed by atoms with Crippen molar-refractivity contribution in [1.82, 2.24) is 0 Å². The minimum Gasteiger partial charge on any atom is -0.289 e. The Labute approximate surface area is 114 Å². The van der Waals surface area contributed by atoms with E-state index >= 15 is 0 Å². The molecule has 0 spiro atoms. The molecule has 2 rings (SSSR count). The van der Waals surface area contributed by atoms with Gasteiger partial charge in [-0.15, -0.1) is 0 Å². The third-order valence-corrected chi connectivity index (χ3v) is 2.69. The molecule has 0 aliphatic heterocycles. The maximum absolute atomic E-state index is 13.4. The van der Waals surface area contributed by atoms with Gasteiger partial charge < -0.3 is 0 Å². The van der Waals surface area contributed by atoms with Crippen LogP contribution in [0.5, 0.6) is 0 Å². The average molecular weight is 271 g/mol. The number of rotatable bonds is 4. The number of allylic oxidation sites excluding steroid dienone is 1. The van der Waals surface area contributed by atoms with E-state index in [-0.39, 0.29) is 11.3 Å². The molecule has 0 N–H and O–H groups in total. The van der Waals surface area contributed by atoms with Crippen molar-refractivity contribution in [2.24, 2.45) is 0 Å². The lowest BCUT2D eigenvalue weighted by molar-refractivity contribution is -0.385. The molecule has 2 aromatic carbocycles. The molecule has 5 heteroatoms. The first-order chi connectivity index (χ1) is 9.59. The van der Waals surface area contributed by atoms with E-state index in [1.165, 1.54) is 42.5 Å². The van der Waals surface area contributed by atoms with Gasteiger partial charge >= 0.3 is 0 Å². The van der Waals surface area contributed by atoms with Gasteiger partial charge in [-0.2, -0.15) is 0 Å². The highest BCUT2D eigenvalue weighted by Crippen LogP contribution is 2.19. The van der Waals surface area contributed by atoms with Gasteiger partial charge in [-0.25, -0.2) is 4.39 Å².